The number of ether oxygens (including phenoxy) is 1. The van der Waals surface area contributed by atoms with E-state index in [4.69, 9.17) is 4.74 Å². The predicted molar refractivity (Wildman–Crippen MR) is 95.4 cm³/mol. The minimum atomic E-state index is -0.613. The number of carbonyl (C=O) groups excluding carboxylic acids is 2. The first-order valence-electron chi connectivity index (χ1n) is 9.35. The predicted octanol–water partition coefficient (Wildman–Crippen LogP) is 2.89. The van der Waals surface area contributed by atoms with Crippen molar-refractivity contribution < 1.29 is 18.7 Å². The number of hydrogen-bond donors (Lipinski definition) is 1. The minimum Gasteiger partial charge on any atom is -0.458 e. The molecule has 1 atom stereocenters. The van der Waals surface area contributed by atoms with Crippen molar-refractivity contribution in [2.24, 2.45) is 5.92 Å². The number of amides is 1. The molecule has 2 aromatic rings. The highest BCUT2D eigenvalue weighted by atomic mass is 19.1. The van der Waals surface area contributed by atoms with E-state index >= 15 is 0 Å². The minimum absolute atomic E-state index is 0.141. The summed E-state index contributed by atoms with van der Waals surface area (Å²) < 4.78 is 20.3. The van der Waals surface area contributed by atoms with Crippen molar-refractivity contribution in [1.82, 2.24) is 15.1 Å². The van der Waals surface area contributed by atoms with E-state index in [-0.39, 0.29) is 24.1 Å². The maximum atomic E-state index is 13.0. The van der Waals surface area contributed by atoms with Crippen LogP contribution in [-0.2, 0) is 20.9 Å². The first-order chi connectivity index (χ1) is 13.1. The van der Waals surface area contributed by atoms with E-state index in [2.05, 4.69) is 10.4 Å². The molecular formula is C20H22FN3O3. The zero-order chi connectivity index (χ0) is 18.9. The van der Waals surface area contributed by atoms with E-state index in [1.54, 1.807) is 29.2 Å². The highest BCUT2D eigenvalue weighted by molar-refractivity contribution is 5.87. The average Bonchev–Trinajstić information content (AvgIpc) is 3.26. The van der Waals surface area contributed by atoms with Crippen LogP contribution < -0.4 is 5.32 Å². The quantitative estimate of drug-likeness (QED) is 0.839. The van der Waals surface area contributed by atoms with Crippen molar-refractivity contribution >= 4 is 11.9 Å². The SMILES string of the molecule is O=C1CC(C(=O)NCc2cnn(-c3ccc(F)cc3)c2)C2(CCCCC2)O1. The number of benzene rings is 1. The molecule has 1 aromatic carbocycles. The summed E-state index contributed by atoms with van der Waals surface area (Å²) in [5.41, 5.74) is 0.957. The highest BCUT2D eigenvalue weighted by Gasteiger charge is 2.52. The van der Waals surface area contributed by atoms with E-state index in [0.717, 1.165) is 43.4 Å². The zero-order valence-corrected chi connectivity index (χ0v) is 15.0. The molecule has 2 fully saturated rings. The van der Waals surface area contributed by atoms with Crippen LogP contribution in [0.5, 0.6) is 0 Å². The molecule has 1 aliphatic heterocycles. The molecule has 1 saturated carbocycles. The van der Waals surface area contributed by atoms with Gasteiger partial charge in [0, 0.05) is 18.3 Å². The van der Waals surface area contributed by atoms with Crippen LogP contribution in [0.25, 0.3) is 5.69 Å². The third kappa shape index (κ3) is 3.59. The smallest absolute Gasteiger partial charge is 0.307 e. The molecular weight excluding hydrogens is 349 g/mol. The maximum Gasteiger partial charge on any atom is 0.307 e. The van der Waals surface area contributed by atoms with E-state index in [1.807, 2.05) is 0 Å². The second kappa shape index (κ2) is 7.13. The highest BCUT2D eigenvalue weighted by Crippen LogP contribution is 2.44. The summed E-state index contributed by atoms with van der Waals surface area (Å²) in [6.45, 7) is 0.320. The lowest BCUT2D eigenvalue weighted by atomic mass is 9.75. The number of halogens is 1. The van der Waals surface area contributed by atoms with Crippen molar-refractivity contribution in [1.29, 1.82) is 0 Å². The number of hydrogen-bond acceptors (Lipinski definition) is 4. The fourth-order valence-electron chi connectivity index (χ4n) is 4.12. The van der Waals surface area contributed by atoms with Crippen LogP contribution in [0.15, 0.2) is 36.7 Å². The second-order valence-electron chi connectivity index (χ2n) is 7.34. The van der Waals surface area contributed by atoms with Gasteiger partial charge in [0.1, 0.15) is 11.4 Å². The van der Waals surface area contributed by atoms with E-state index in [1.165, 1.54) is 12.1 Å². The molecule has 7 heteroatoms. The van der Waals surface area contributed by atoms with Crippen LogP contribution in [0, 0.1) is 11.7 Å². The Balaban J connectivity index is 1.40. The molecule has 1 spiro atoms. The maximum absolute atomic E-state index is 13.0. The lowest BCUT2D eigenvalue weighted by molar-refractivity contribution is -0.153. The third-order valence-electron chi connectivity index (χ3n) is 5.53. The molecule has 1 unspecified atom stereocenters. The molecule has 1 aromatic heterocycles. The number of esters is 1. The molecule has 4 rings (SSSR count). The summed E-state index contributed by atoms with van der Waals surface area (Å²) in [4.78, 5) is 24.6. The Morgan fingerprint density at radius 3 is 2.74 bits per heavy atom. The van der Waals surface area contributed by atoms with Crippen LogP contribution >= 0.6 is 0 Å². The number of nitrogens with zero attached hydrogens (tertiary/aromatic N) is 2. The van der Waals surface area contributed by atoms with Crippen molar-refractivity contribution in [3.8, 4) is 5.69 Å². The van der Waals surface area contributed by atoms with Gasteiger partial charge in [-0.25, -0.2) is 9.07 Å². The number of nitrogens with one attached hydrogen (secondary N) is 1. The van der Waals surface area contributed by atoms with Gasteiger partial charge in [0.15, 0.2) is 0 Å². The van der Waals surface area contributed by atoms with Gasteiger partial charge in [-0.05, 0) is 49.9 Å². The van der Waals surface area contributed by atoms with Crippen molar-refractivity contribution in [3.05, 3.63) is 48.0 Å². The molecule has 0 radical (unpaired) electrons. The zero-order valence-electron chi connectivity index (χ0n) is 15.0. The Morgan fingerprint density at radius 2 is 2.00 bits per heavy atom. The van der Waals surface area contributed by atoms with Crippen LogP contribution in [-0.4, -0.2) is 27.3 Å². The molecule has 2 aliphatic rings. The van der Waals surface area contributed by atoms with E-state index in [0.29, 0.717) is 6.54 Å². The van der Waals surface area contributed by atoms with Crippen LogP contribution in [0.1, 0.15) is 44.1 Å². The lowest BCUT2D eigenvalue weighted by Gasteiger charge is -2.36. The second-order valence-corrected chi connectivity index (χ2v) is 7.34. The summed E-state index contributed by atoms with van der Waals surface area (Å²) in [6, 6.07) is 6.02. The molecule has 2 heterocycles. The van der Waals surface area contributed by atoms with Gasteiger partial charge in [-0.15, -0.1) is 0 Å². The Bertz CT molecular complexity index is 840. The van der Waals surface area contributed by atoms with Crippen LogP contribution in [0.3, 0.4) is 0 Å². The Hall–Kier alpha value is -2.70. The summed E-state index contributed by atoms with van der Waals surface area (Å²) in [7, 11) is 0. The van der Waals surface area contributed by atoms with Gasteiger partial charge < -0.3 is 10.1 Å². The molecule has 1 saturated heterocycles. The largest absolute Gasteiger partial charge is 0.458 e. The molecule has 6 nitrogen and oxygen atoms in total. The topological polar surface area (TPSA) is 73.2 Å². The van der Waals surface area contributed by atoms with Crippen molar-refractivity contribution in [2.75, 3.05) is 0 Å². The average molecular weight is 371 g/mol. The van der Waals surface area contributed by atoms with E-state index in [9.17, 15) is 14.0 Å². The van der Waals surface area contributed by atoms with Gasteiger partial charge >= 0.3 is 5.97 Å². The fourth-order valence-corrected chi connectivity index (χ4v) is 4.12. The van der Waals surface area contributed by atoms with Gasteiger partial charge in [-0.3, -0.25) is 9.59 Å². The van der Waals surface area contributed by atoms with Crippen LogP contribution in [0.2, 0.25) is 0 Å². The summed E-state index contributed by atoms with van der Waals surface area (Å²) in [5, 5.41) is 7.17. The van der Waals surface area contributed by atoms with E-state index < -0.39 is 11.5 Å². The third-order valence-corrected chi connectivity index (χ3v) is 5.53. The van der Waals surface area contributed by atoms with Crippen molar-refractivity contribution in [2.45, 2.75) is 50.7 Å². The monoisotopic (exact) mass is 371 g/mol. The van der Waals surface area contributed by atoms with Crippen molar-refractivity contribution in [3.63, 3.8) is 0 Å². The first kappa shape index (κ1) is 17.7. The molecule has 1 amide bonds. The molecule has 1 aliphatic carbocycles. The molecule has 27 heavy (non-hydrogen) atoms. The summed E-state index contributed by atoms with van der Waals surface area (Å²) >= 11 is 0. The lowest BCUT2D eigenvalue weighted by Crippen LogP contribution is -2.45. The van der Waals surface area contributed by atoms with Gasteiger partial charge in [0.2, 0.25) is 5.91 Å². The number of rotatable bonds is 4. The number of aromatic nitrogens is 2. The Morgan fingerprint density at radius 1 is 1.26 bits per heavy atom. The van der Waals surface area contributed by atoms with Gasteiger partial charge in [0.05, 0.1) is 24.2 Å². The van der Waals surface area contributed by atoms with Gasteiger partial charge in [-0.2, -0.15) is 5.10 Å². The van der Waals surface area contributed by atoms with Gasteiger partial charge in [-0.1, -0.05) is 6.42 Å². The Kier molecular flexibility index (Phi) is 4.68. The standard InChI is InChI=1S/C20H22FN3O3/c21-15-4-6-16(7-5-15)24-13-14(12-23-24)11-22-19(26)17-10-18(25)27-20(17)8-2-1-3-9-20/h4-7,12-13,17H,1-3,8-11H2,(H,22,26). The normalized spacial score (nSPS) is 21.2. The van der Waals surface area contributed by atoms with Crippen LogP contribution in [0.4, 0.5) is 4.39 Å². The fraction of sp³-hybridized carbons (Fsp3) is 0.450. The summed E-state index contributed by atoms with van der Waals surface area (Å²) in [5.74, 6) is -1.14. The molecule has 1 N–H and O–H groups in total. The molecule has 0 bridgehead atoms. The Labute approximate surface area is 156 Å². The first-order valence-corrected chi connectivity index (χ1v) is 9.35. The van der Waals surface area contributed by atoms with Gasteiger partial charge in [0.25, 0.3) is 0 Å². The summed E-state index contributed by atoms with van der Waals surface area (Å²) in [6.07, 6.45) is 8.23. The molecule has 142 valence electrons. The number of carbonyl (C=O) groups is 2.